The maximum Gasteiger partial charge on any atom is 0.306 e. The number of hydrogen-bond donors (Lipinski definition) is 7. The Morgan fingerprint density at radius 3 is 1.64 bits per heavy atom. The number of aromatic nitrogens is 3. The van der Waals surface area contributed by atoms with Gasteiger partial charge in [0.05, 0.1) is 12.2 Å². The maximum absolute atomic E-state index is 12.9. The van der Waals surface area contributed by atoms with Gasteiger partial charge in [-0.1, -0.05) is 135 Å². The molecule has 16 heteroatoms. The molecule has 1 aromatic heterocycles. The smallest absolute Gasteiger partial charge is 0.306 e. The van der Waals surface area contributed by atoms with E-state index in [2.05, 4.69) is 29.5 Å². The van der Waals surface area contributed by atoms with Crippen molar-refractivity contribution in [2.24, 2.45) is 5.73 Å². The number of carbonyl (C=O) groups is 3. The number of carbonyl (C=O) groups excluding carboxylic acids is 3. The predicted octanol–water partition coefficient (Wildman–Crippen LogP) is 4.71. The second-order valence-electron chi connectivity index (χ2n) is 15.3. The standard InChI is InChI=1S/C40H73N5O10S/c1-3-5-7-9-11-13-15-17-19-21-23-32(46)54-26-29(55-33(47)24-22-20-18-16-14-12-10-8-6-4-2)27-56-28-30(41)40(53)42-31-25-45(44-43-31)34-35(48)37(50)39(52)38(51)36(34)49/h25,29-30,34-39,48-52H,3-24,26-28,41H2,1-2H3,(H,42,53)/t29-,30-,34?,35+,36+,37-,38+,39?/m1/s1. The number of unbranched alkanes of at least 4 members (excludes halogenated alkanes) is 18. The molecule has 0 saturated heterocycles. The fraction of sp³-hybridized carbons (Fsp3) is 0.875. The van der Waals surface area contributed by atoms with E-state index in [-0.39, 0.29) is 42.3 Å². The second-order valence-corrected chi connectivity index (χ2v) is 16.4. The first-order chi connectivity index (χ1) is 27.0. The lowest BCUT2D eigenvalue weighted by atomic mass is 9.83. The van der Waals surface area contributed by atoms with Crippen LogP contribution in [0.3, 0.4) is 0 Å². The van der Waals surface area contributed by atoms with E-state index in [1.54, 1.807) is 0 Å². The number of anilines is 1. The van der Waals surface area contributed by atoms with Gasteiger partial charge >= 0.3 is 11.9 Å². The highest BCUT2D eigenvalue weighted by molar-refractivity contribution is 7.99. The van der Waals surface area contributed by atoms with Crippen LogP contribution in [-0.2, 0) is 23.9 Å². The van der Waals surface area contributed by atoms with Crippen molar-refractivity contribution in [1.29, 1.82) is 0 Å². The first-order valence-electron chi connectivity index (χ1n) is 21.3. The number of nitrogens with two attached hydrogens (primary N) is 1. The fourth-order valence-electron chi connectivity index (χ4n) is 6.76. The van der Waals surface area contributed by atoms with Crippen LogP contribution in [0.4, 0.5) is 5.82 Å². The van der Waals surface area contributed by atoms with Crippen molar-refractivity contribution in [3.05, 3.63) is 6.20 Å². The number of nitrogens with one attached hydrogen (secondary N) is 1. The van der Waals surface area contributed by atoms with Crippen LogP contribution in [-0.4, -0.2) is 119 Å². The lowest BCUT2D eigenvalue weighted by molar-refractivity contribution is -0.200. The maximum atomic E-state index is 12.9. The Morgan fingerprint density at radius 2 is 1.14 bits per heavy atom. The average molecular weight is 816 g/mol. The van der Waals surface area contributed by atoms with Crippen molar-refractivity contribution in [3.8, 4) is 0 Å². The summed E-state index contributed by atoms with van der Waals surface area (Å²) in [5.41, 5.74) is 6.14. The van der Waals surface area contributed by atoms with Crippen molar-refractivity contribution in [2.75, 3.05) is 23.4 Å². The Kier molecular flexibility index (Phi) is 26.5. The van der Waals surface area contributed by atoms with Crippen LogP contribution in [0, 0.1) is 0 Å². The van der Waals surface area contributed by atoms with Gasteiger partial charge in [0, 0.05) is 24.3 Å². The molecule has 8 atom stereocenters. The highest BCUT2D eigenvalue weighted by Crippen LogP contribution is 2.30. The molecule has 1 aromatic rings. The number of hydrogen-bond acceptors (Lipinski definition) is 14. The third kappa shape index (κ3) is 19.9. The van der Waals surface area contributed by atoms with E-state index in [1.165, 1.54) is 101 Å². The molecule has 1 heterocycles. The first-order valence-corrected chi connectivity index (χ1v) is 22.5. The Hall–Kier alpha value is -2.34. The van der Waals surface area contributed by atoms with Gasteiger partial charge in [-0.25, -0.2) is 4.68 Å². The first kappa shape index (κ1) is 49.8. The molecule has 324 valence electrons. The van der Waals surface area contributed by atoms with Crippen LogP contribution < -0.4 is 11.1 Å². The SMILES string of the molecule is CCCCCCCCCCCCC(=O)OC[C@H](CSC[C@@H](N)C(=O)Nc1cn(C2[C@H](O)[C@H](O)C(O)[C@H](O)[C@H]2O)nn1)OC(=O)CCCCCCCCCCCC. The van der Waals surface area contributed by atoms with E-state index < -0.39 is 54.6 Å². The molecule has 56 heavy (non-hydrogen) atoms. The van der Waals surface area contributed by atoms with Gasteiger partial charge in [0.25, 0.3) is 0 Å². The minimum Gasteiger partial charge on any atom is -0.462 e. The van der Waals surface area contributed by atoms with Gasteiger partial charge in [-0.15, -0.1) is 5.10 Å². The van der Waals surface area contributed by atoms with Crippen LogP contribution in [0.25, 0.3) is 0 Å². The highest BCUT2D eigenvalue weighted by Gasteiger charge is 2.49. The molecular weight excluding hydrogens is 743 g/mol. The van der Waals surface area contributed by atoms with Gasteiger partial charge in [-0.05, 0) is 12.8 Å². The lowest BCUT2D eigenvalue weighted by Gasteiger charge is -2.41. The minimum atomic E-state index is -1.76. The van der Waals surface area contributed by atoms with E-state index in [9.17, 15) is 39.9 Å². The number of nitrogens with zero attached hydrogens (tertiary/aromatic N) is 3. The Labute approximate surface area is 338 Å². The van der Waals surface area contributed by atoms with E-state index >= 15 is 0 Å². The van der Waals surface area contributed by atoms with Crippen LogP contribution in [0.2, 0.25) is 0 Å². The summed E-state index contributed by atoms with van der Waals surface area (Å²) in [5.74, 6) is -0.965. The van der Waals surface area contributed by atoms with Crippen molar-refractivity contribution in [1.82, 2.24) is 15.0 Å². The molecule has 2 rings (SSSR count). The summed E-state index contributed by atoms with van der Waals surface area (Å²) in [6.07, 6.45) is 15.6. The molecule has 15 nitrogen and oxygen atoms in total. The molecule has 0 spiro atoms. The highest BCUT2D eigenvalue weighted by atomic mass is 32.2. The van der Waals surface area contributed by atoms with Gasteiger partial charge in [-0.2, -0.15) is 11.8 Å². The van der Waals surface area contributed by atoms with E-state index in [1.807, 2.05) is 0 Å². The summed E-state index contributed by atoms with van der Waals surface area (Å²) >= 11 is 1.27. The monoisotopic (exact) mass is 816 g/mol. The van der Waals surface area contributed by atoms with Crippen LogP contribution in [0.1, 0.15) is 161 Å². The minimum absolute atomic E-state index is 0.0574. The van der Waals surface area contributed by atoms with E-state index in [0.717, 1.165) is 49.6 Å². The zero-order valence-corrected chi connectivity index (χ0v) is 34.8. The number of aliphatic hydroxyl groups is 5. The molecule has 1 aliphatic rings. The van der Waals surface area contributed by atoms with Gasteiger partial charge in [-0.3, -0.25) is 14.4 Å². The normalized spacial score (nSPS) is 22.1. The summed E-state index contributed by atoms with van der Waals surface area (Å²) in [6, 6.07) is -2.36. The largest absolute Gasteiger partial charge is 0.462 e. The van der Waals surface area contributed by atoms with E-state index in [4.69, 9.17) is 15.2 Å². The van der Waals surface area contributed by atoms with Gasteiger partial charge in [0.1, 0.15) is 49.3 Å². The van der Waals surface area contributed by atoms with Gasteiger partial charge < -0.3 is 46.1 Å². The Morgan fingerprint density at radius 1 is 0.696 bits per heavy atom. The number of ether oxygens (including phenoxy) is 2. The lowest BCUT2D eigenvalue weighted by Crippen LogP contribution is -2.61. The number of aliphatic hydroxyl groups excluding tert-OH is 5. The molecule has 1 amide bonds. The van der Waals surface area contributed by atoms with Crippen LogP contribution in [0.5, 0.6) is 0 Å². The average Bonchev–Trinajstić information content (AvgIpc) is 3.64. The fourth-order valence-corrected chi connectivity index (χ4v) is 7.73. The summed E-state index contributed by atoms with van der Waals surface area (Å²) in [7, 11) is 0. The molecule has 0 bridgehead atoms. The molecule has 8 N–H and O–H groups in total. The summed E-state index contributed by atoms with van der Waals surface area (Å²) in [6.45, 7) is 4.35. The van der Waals surface area contributed by atoms with Crippen LogP contribution in [0.15, 0.2) is 6.20 Å². The van der Waals surface area contributed by atoms with Crippen molar-refractivity contribution in [3.63, 3.8) is 0 Å². The van der Waals surface area contributed by atoms with Crippen LogP contribution >= 0.6 is 11.8 Å². The third-order valence-corrected chi connectivity index (χ3v) is 11.5. The van der Waals surface area contributed by atoms with Gasteiger partial charge in [0.15, 0.2) is 5.82 Å². The third-order valence-electron chi connectivity index (χ3n) is 10.3. The quantitative estimate of drug-likeness (QED) is 0.0385. The predicted molar refractivity (Wildman–Crippen MR) is 217 cm³/mol. The van der Waals surface area contributed by atoms with Crippen molar-refractivity contribution in [2.45, 2.75) is 204 Å². The Balaban J connectivity index is 1.80. The number of esters is 2. The molecule has 1 fully saturated rings. The van der Waals surface area contributed by atoms with Crippen molar-refractivity contribution < 1.29 is 49.4 Å². The summed E-state index contributed by atoms with van der Waals surface area (Å²) < 4.78 is 12.2. The molecule has 2 unspecified atom stereocenters. The molecule has 1 aliphatic carbocycles. The zero-order valence-electron chi connectivity index (χ0n) is 34.0. The Bertz CT molecular complexity index is 1200. The topological polar surface area (TPSA) is 240 Å². The number of thioether (sulfide) groups is 1. The summed E-state index contributed by atoms with van der Waals surface area (Å²) in [4.78, 5) is 38.2. The molecular formula is C40H73N5O10S. The van der Waals surface area contributed by atoms with Gasteiger partial charge in [0.2, 0.25) is 5.91 Å². The number of rotatable bonds is 32. The zero-order chi connectivity index (χ0) is 41.1. The second kappa shape index (κ2) is 29.8. The number of amides is 1. The molecule has 1 saturated carbocycles. The molecule has 0 aromatic carbocycles. The molecule has 0 aliphatic heterocycles. The summed E-state index contributed by atoms with van der Waals surface area (Å²) in [5, 5.41) is 60.7. The van der Waals surface area contributed by atoms with Crippen molar-refractivity contribution >= 4 is 35.4 Å². The molecule has 0 radical (unpaired) electrons. The van der Waals surface area contributed by atoms with E-state index in [0.29, 0.717) is 6.42 Å².